The van der Waals surface area contributed by atoms with Gasteiger partial charge in [0.25, 0.3) is 17.7 Å². The predicted octanol–water partition coefficient (Wildman–Crippen LogP) is 0.442. The van der Waals surface area contributed by atoms with Crippen LogP contribution in [-0.4, -0.2) is 100 Å². The second kappa shape index (κ2) is 15.2. The number of carboxylic acid groups (broad SMARTS) is 2. The Bertz CT molecular complexity index is 2030. The number of fused-ring (bicyclic) bond motifs is 1. The number of carbonyl (C=O) groups is 6. The summed E-state index contributed by atoms with van der Waals surface area (Å²) in [7, 11) is 0. The van der Waals surface area contributed by atoms with Gasteiger partial charge in [-0.1, -0.05) is 5.16 Å². The van der Waals surface area contributed by atoms with Gasteiger partial charge >= 0.3 is 18.0 Å². The van der Waals surface area contributed by atoms with Crippen LogP contribution in [0.2, 0.25) is 0 Å². The third-order valence-corrected chi connectivity index (χ3v) is 10.5. The Hall–Kier alpha value is -5.87. The fraction of sp³-hybridized carbons (Fsp3) is 0.233. The number of aliphatic carboxylic acids is 2. The fourth-order valence-corrected chi connectivity index (χ4v) is 7.45. The Labute approximate surface area is 305 Å². The van der Waals surface area contributed by atoms with Gasteiger partial charge in [0.2, 0.25) is 5.60 Å². The first-order valence-electron chi connectivity index (χ1n) is 14.8. The van der Waals surface area contributed by atoms with Crippen molar-refractivity contribution in [3.8, 4) is 11.5 Å². The summed E-state index contributed by atoms with van der Waals surface area (Å²) in [4.78, 5) is 86.0. The van der Waals surface area contributed by atoms with Crippen LogP contribution >= 0.6 is 34.9 Å². The van der Waals surface area contributed by atoms with E-state index in [-0.39, 0.29) is 33.6 Å². The molecule has 1 fully saturated rings. The van der Waals surface area contributed by atoms with E-state index in [0.717, 1.165) is 32.9 Å². The lowest BCUT2D eigenvalue weighted by Gasteiger charge is -2.49. The zero-order valence-electron chi connectivity index (χ0n) is 26.9. The molecule has 0 saturated carbocycles. The third kappa shape index (κ3) is 8.03. The molecule has 2 aliphatic rings. The molecule has 4 amide bonds. The highest BCUT2D eigenvalue weighted by Gasteiger charge is 2.54. The van der Waals surface area contributed by atoms with E-state index < -0.39 is 69.9 Å². The molecule has 0 radical (unpaired) electrons. The average molecular weight is 774 g/mol. The number of benzene rings is 1. The number of nitrogens with zero attached hydrogens (tertiary/aromatic N) is 4. The number of aromatic nitrogens is 2. The van der Waals surface area contributed by atoms with E-state index in [4.69, 9.17) is 10.6 Å². The second-order valence-electron chi connectivity index (χ2n) is 11.4. The number of anilines is 1. The standard InChI is InChI=1S/C30H28N8O11S3/c1-30(2,27(46)47)49-36-19(16-12-52-28(31)32-16)23(42)33-20-24(43)38-21(26(44)45)14(11-51-25(20)38)10-50-15-5-7-37(8-6-15)29(48)35-34-22(41)13-3-4-17(39)18(40)9-13/h3-9,12,20,25H,10-11H2,1-2H3,(H8-,31,32,33,34,35,36,39,40,41,42,44,45,46,47,48)/p+1/t20-,25-/m1/s1. The number of oxime groups is 1. The molecule has 272 valence electrons. The third-order valence-electron chi connectivity index (χ3n) is 7.36. The molecule has 9 N–H and O–H groups in total. The molecule has 2 aliphatic heterocycles. The molecule has 3 aromatic rings. The van der Waals surface area contributed by atoms with Crippen molar-refractivity contribution < 1.29 is 58.6 Å². The molecule has 5 rings (SSSR count). The van der Waals surface area contributed by atoms with Crippen molar-refractivity contribution in [3.63, 3.8) is 0 Å². The highest BCUT2D eigenvalue weighted by molar-refractivity contribution is 8.01. The van der Waals surface area contributed by atoms with Crippen LogP contribution in [0, 0.1) is 0 Å². The van der Waals surface area contributed by atoms with Crippen molar-refractivity contribution in [1.29, 1.82) is 0 Å². The van der Waals surface area contributed by atoms with Crippen LogP contribution in [0.1, 0.15) is 29.9 Å². The van der Waals surface area contributed by atoms with Crippen LogP contribution in [0.5, 0.6) is 11.5 Å². The summed E-state index contributed by atoms with van der Waals surface area (Å²) < 4.78 is 1.13. The zero-order valence-corrected chi connectivity index (χ0v) is 29.4. The van der Waals surface area contributed by atoms with Crippen LogP contribution in [-0.2, 0) is 24.0 Å². The number of nitrogens with one attached hydrogen (secondary N) is 3. The molecule has 0 bridgehead atoms. The molecule has 52 heavy (non-hydrogen) atoms. The monoisotopic (exact) mass is 773 g/mol. The number of phenols is 2. The molecule has 0 aliphatic carbocycles. The molecular formula is C30H29N8O11S3+. The molecule has 2 atom stereocenters. The number of thioether (sulfide) groups is 2. The number of nitrogen functional groups attached to an aromatic ring is 1. The number of amides is 4. The van der Waals surface area contributed by atoms with Crippen molar-refractivity contribution in [2.45, 2.75) is 35.8 Å². The molecule has 1 saturated heterocycles. The predicted molar refractivity (Wildman–Crippen MR) is 184 cm³/mol. The first-order chi connectivity index (χ1) is 24.6. The minimum Gasteiger partial charge on any atom is -0.504 e. The van der Waals surface area contributed by atoms with Gasteiger partial charge in [0.05, 0.1) is 0 Å². The highest BCUT2D eigenvalue weighted by atomic mass is 32.2. The normalized spacial score (nSPS) is 17.1. The van der Waals surface area contributed by atoms with Gasteiger partial charge in [-0.3, -0.25) is 19.3 Å². The Kier molecular flexibility index (Phi) is 10.9. The molecule has 22 heteroatoms. The van der Waals surface area contributed by atoms with E-state index in [0.29, 0.717) is 10.5 Å². The van der Waals surface area contributed by atoms with E-state index in [9.17, 15) is 49.2 Å². The van der Waals surface area contributed by atoms with Crippen molar-refractivity contribution >= 4 is 81.4 Å². The van der Waals surface area contributed by atoms with Crippen molar-refractivity contribution in [1.82, 2.24) is 26.1 Å². The van der Waals surface area contributed by atoms with Gasteiger partial charge in [0.1, 0.15) is 35.2 Å². The minimum atomic E-state index is -1.80. The SMILES string of the molecule is CC(C)(O/N=C(\C(=O)N[C@@H]1C(=O)N2C(C(=O)O)=C(CSc3cc[n+](C(=O)NNC(=O)c4ccc(O)c(O)c4)cc3)CS[C@H]12)c1csc(N)n1)C(=O)O. The zero-order chi connectivity index (χ0) is 37.9. The van der Waals surface area contributed by atoms with Crippen LogP contribution < -0.4 is 26.5 Å². The van der Waals surface area contributed by atoms with Gasteiger partial charge in [0, 0.05) is 27.3 Å². The van der Waals surface area contributed by atoms with Gasteiger partial charge in [0.15, 0.2) is 22.3 Å². The van der Waals surface area contributed by atoms with Gasteiger partial charge < -0.3 is 36.3 Å². The summed E-state index contributed by atoms with van der Waals surface area (Å²) in [6.45, 7) is 2.44. The van der Waals surface area contributed by atoms with E-state index in [2.05, 4.69) is 26.3 Å². The van der Waals surface area contributed by atoms with Crippen molar-refractivity contribution in [2.75, 3.05) is 17.2 Å². The number of phenolic OH excluding ortho intramolecular Hbond substituents is 2. The number of hydrogen-bond donors (Lipinski definition) is 8. The highest BCUT2D eigenvalue weighted by Crippen LogP contribution is 2.41. The fourth-order valence-electron chi connectivity index (χ4n) is 4.53. The van der Waals surface area contributed by atoms with Crippen LogP contribution in [0.25, 0.3) is 0 Å². The Morgan fingerprint density at radius 2 is 1.83 bits per heavy atom. The summed E-state index contributed by atoms with van der Waals surface area (Å²) in [6.07, 6.45) is 2.82. The Morgan fingerprint density at radius 1 is 1.12 bits per heavy atom. The number of hydrogen-bond acceptors (Lipinski definition) is 15. The lowest BCUT2D eigenvalue weighted by molar-refractivity contribution is -0.572. The molecule has 0 spiro atoms. The van der Waals surface area contributed by atoms with Gasteiger partial charge in [-0.15, -0.1) is 40.3 Å². The maximum atomic E-state index is 13.3. The number of rotatable bonds is 11. The number of thiazole rings is 1. The molecular weight excluding hydrogens is 745 g/mol. The first-order valence-corrected chi connectivity index (χ1v) is 17.7. The number of pyridine rings is 1. The number of hydrazine groups is 1. The van der Waals surface area contributed by atoms with Crippen molar-refractivity contribution in [2.24, 2.45) is 5.16 Å². The number of carboxylic acids is 2. The largest absolute Gasteiger partial charge is 0.519 e. The van der Waals surface area contributed by atoms with Crippen LogP contribution in [0.15, 0.2) is 69.4 Å². The maximum absolute atomic E-state index is 13.3. The summed E-state index contributed by atoms with van der Waals surface area (Å²) in [6, 6.07) is 4.71. The lowest BCUT2D eigenvalue weighted by atomic mass is 10.0. The Morgan fingerprint density at radius 3 is 2.44 bits per heavy atom. The minimum absolute atomic E-state index is 0.0136. The number of nitrogens with two attached hydrogens (primary N) is 1. The van der Waals surface area contributed by atoms with E-state index in [1.807, 2.05) is 0 Å². The maximum Gasteiger partial charge on any atom is 0.519 e. The number of carbonyl (C=O) groups excluding carboxylic acids is 4. The van der Waals surface area contributed by atoms with Crippen molar-refractivity contribution in [3.05, 3.63) is 70.6 Å². The van der Waals surface area contributed by atoms with Gasteiger partial charge in [-0.25, -0.2) is 14.6 Å². The van der Waals surface area contributed by atoms with E-state index in [1.165, 1.54) is 61.2 Å². The molecule has 1 aromatic carbocycles. The van der Waals surface area contributed by atoms with Crippen LogP contribution in [0.4, 0.5) is 9.93 Å². The second-order valence-corrected chi connectivity index (χ2v) is 14.4. The van der Waals surface area contributed by atoms with Crippen LogP contribution in [0.3, 0.4) is 0 Å². The molecule has 0 unspecified atom stereocenters. The first kappa shape index (κ1) is 37.4. The summed E-state index contributed by atoms with van der Waals surface area (Å²) in [5.74, 6) is -5.56. The lowest BCUT2D eigenvalue weighted by Crippen LogP contribution is -2.71. The molecule has 2 aromatic heterocycles. The number of aromatic hydroxyl groups is 2. The average Bonchev–Trinajstić information content (AvgIpc) is 3.54. The molecule has 4 heterocycles. The van der Waals surface area contributed by atoms with Gasteiger partial charge in [-0.05, 0) is 49.8 Å². The van der Waals surface area contributed by atoms with E-state index in [1.54, 1.807) is 12.1 Å². The van der Waals surface area contributed by atoms with Gasteiger partial charge in [-0.2, -0.15) is 14.8 Å². The summed E-state index contributed by atoms with van der Waals surface area (Å²) in [5, 5.41) is 45.4. The summed E-state index contributed by atoms with van der Waals surface area (Å²) in [5.41, 5.74) is 8.05. The summed E-state index contributed by atoms with van der Waals surface area (Å²) >= 11 is 3.48. The van der Waals surface area contributed by atoms with E-state index >= 15 is 0 Å². The quantitative estimate of drug-likeness (QED) is 0.0328. The Balaban J connectivity index is 1.21. The smallest absolute Gasteiger partial charge is 0.504 e. The molecule has 19 nitrogen and oxygen atoms in total. The topological polar surface area (TPSA) is 287 Å². The number of β-lactam (4-membered cyclic amide) rings is 1.